The fraction of sp³-hybridized carbons (Fsp3) is 0.909. The lowest BCUT2D eigenvalue weighted by Crippen LogP contribution is -2.23. The van der Waals surface area contributed by atoms with E-state index >= 15 is 0 Å². The average Bonchev–Trinajstić information content (AvgIpc) is 2.68. The van der Waals surface area contributed by atoms with Gasteiger partial charge >= 0.3 is 5.97 Å². The molecule has 1 aliphatic rings. The van der Waals surface area contributed by atoms with Crippen LogP contribution in [0.1, 0.15) is 32.1 Å². The number of nitrogens with zero attached hydrogens (tertiary/aromatic N) is 1. The maximum Gasteiger partial charge on any atom is 0.304 e. The Morgan fingerprint density at radius 2 is 1.93 bits per heavy atom. The van der Waals surface area contributed by atoms with Crippen LogP contribution in [0.25, 0.3) is 0 Å². The summed E-state index contributed by atoms with van der Waals surface area (Å²) in [6, 6.07) is 0. The minimum absolute atomic E-state index is 0.228. The minimum atomic E-state index is -0.723. The van der Waals surface area contributed by atoms with E-state index < -0.39 is 5.97 Å². The second-order valence-electron chi connectivity index (χ2n) is 4.15. The minimum Gasteiger partial charge on any atom is -0.481 e. The molecule has 88 valence electrons. The smallest absolute Gasteiger partial charge is 0.304 e. The molecule has 0 radical (unpaired) electrons. The molecule has 1 aliphatic heterocycles. The molecule has 1 fully saturated rings. The maximum atomic E-state index is 10.2. The molecule has 0 aromatic heterocycles. The summed E-state index contributed by atoms with van der Waals surface area (Å²) in [6.07, 6.45) is 5.32. The molecule has 4 heteroatoms. The molecule has 0 amide bonds. The third-order valence-corrected chi connectivity index (χ3v) is 2.79. The maximum absolute atomic E-state index is 10.2. The van der Waals surface area contributed by atoms with Gasteiger partial charge in [0.25, 0.3) is 0 Å². The topological polar surface area (TPSA) is 52.6 Å². The van der Waals surface area contributed by atoms with E-state index in [4.69, 9.17) is 5.11 Å². The van der Waals surface area contributed by atoms with Crippen LogP contribution in [0.3, 0.4) is 0 Å². The number of carboxylic acid groups (broad SMARTS) is 1. The van der Waals surface area contributed by atoms with Gasteiger partial charge in [-0.15, -0.1) is 0 Å². The van der Waals surface area contributed by atoms with E-state index in [0.717, 1.165) is 13.0 Å². The molecule has 15 heavy (non-hydrogen) atoms. The van der Waals surface area contributed by atoms with Crippen LogP contribution in [0.4, 0.5) is 0 Å². The second kappa shape index (κ2) is 7.65. The summed E-state index contributed by atoms with van der Waals surface area (Å²) >= 11 is 0. The average molecular weight is 214 g/mol. The first-order valence-corrected chi connectivity index (χ1v) is 5.94. The molecule has 0 aromatic carbocycles. The lowest BCUT2D eigenvalue weighted by atomic mass is 10.3. The van der Waals surface area contributed by atoms with Gasteiger partial charge in [-0.1, -0.05) is 0 Å². The van der Waals surface area contributed by atoms with Crippen molar-refractivity contribution in [3.63, 3.8) is 0 Å². The van der Waals surface area contributed by atoms with E-state index in [1.165, 1.54) is 38.9 Å². The van der Waals surface area contributed by atoms with Gasteiger partial charge < -0.3 is 15.3 Å². The summed E-state index contributed by atoms with van der Waals surface area (Å²) in [5.41, 5.74) is 0. The van der Waals surface area contributed by atoms with Gasteiger partial charge in [-0.2, -0.15) is 0 Å². The van der Waals surface area contributed by atoms with E-state index in [2.05, 4.69) is 10.2 Å². The summed E-state index contributed by atoms with van der Waals surface area (Å²) in [4.78, 5) is 12.7. The van der Waals surface area contributed by atoms with Gasteiger partial charge in [0.2, 0.25) is 0 Å². The van der Waals surface area contributed by atoms with E-state index in [0.29, 0.717) is 6.54 Å². The fourth-order valence-corrected chi connectivity index (χ4v) is 1.91. The van der Waals surface area contributed by atoms with Gasteiger partial charge in [-0.3, -0.25) is 4.79 Å². The second-order valence-corrected chi connectivity index (χ2v) is 4.15. The summed E-state index contributed by atoms with van der Waals surface area (Å²) in [7, 11) is 0. The highest BCUT2D eigenvalue weighted by Gasteiger charge is 2.09. The van der Waals surface area contributed by atoms with Crippen LogP contribution in [0, 0.1) is 0 Å². The van der Waals surface area contributed by atoms with E-state index in [-0.39, 0.29) is 6.42 Å². The number of carbonyl (C=O) groups is 1. The molecule has 1 heterocycles. The molecule has 1 rings (SSSR count). The number of hydrogen-bond donors (Lipinski definition) is 2. The van der Waals surface area contributed by atoms with Crippen LogP contribution in [0.5, 0.6) is 0 Å². The van der Waals surface area contributed by atoms with Gasteiger partial charge in [0, 0.05) is 6.54 Å². The van der Waals surface area contributed by atoms with Crippen molar-refractivity contribution in [1.29, 1.82) is 0 Å². The number of nitrogens with one attached hydrogen (secondary N) is 1. The Hall–Kier alpha value is -0.610. The molecule has 0 saturated carbocycles. The predicted octanol–water partition coefficient (Wildman–Crippen LogP) is 0.927. The van der Waals surface area contributed by atoms with Crippen molar-refractivity contribution in [2.45, 2.75) is 32.1 Å². The highest BCUT2D eigenvalue weighted by atomic mass is 16.4. The van der Waals surface area contributed by atoms with Crippen LogP contribution in [0.2, 0.25) is 0 Å². The lowest BCUT2D eigenvalue weighted by molar-refractivity contribution is -0.136. The summed E-state index contributed by atoms with van der Waals surface area (Å²) < 4.78 is 0. The molecule has 1 saturated heterocycles. The van der Waals surface area contributed by atoms with Crippen molar-refractivity contribution in [3.8, 4) is 0 Å². The number of aliphatic carboxylic acids is 1. The van der Waals surface area contributed by atoms with Gasteiger partial charge in [0.15, 0.2) is 0 Å². The largest absolute Gasteiger partial charge is 0.481 e. The number of unbranched alkanes of at least 4 members (excludes halogenated alkanes) is 1. The van der Waals surface area contributed by atoms with Crippen LogP contribution < -0.4 is 5.32 Å². The first-order valence-electron chi connectivity index (χ1n) is 5.94. The Kier molecular flexibility index (Phi) is 6.36. The van der Waals surface area contributed by atoms with Crippen molar-refractivity contribution in [2.24, 2.45) is 0 Å². The normalized spacial score (nSPS) is 17.1. The molecule has 0 aliphatic carbocycles. The molecule has 0 bridgehead atoms. The number of rotatable bonds is 8. The summed E-state index contributed by atoms with van der Waals surface area (Å²) in [6.45, 7) is 5.29. The van der Waals surface area contributed by atoms with Crippen LogP contribution >= 0.6 is 0 Å². The van der Waals surface area contributed by atoms with Crippen LogP contribution in [-0.2, 0) is 4.79 Å². The van der Waals surface area contributed by atoms with Crippen LogP contribution in [-0.4, -0.2) is 48.7 Å². The summed E-state index contributed by atoms with van der Waals surface area (Å²) in [5, 5.41) is 11.6. The summed E-state index contributed by atoms with van der Waals surface area (Å²) in [5.74, 6) is -0.723. The number of hydrogen-bond acceptors (Lipinski definition) is 3. The molecule has 4 nitrogen and oxygen atoms in total. The Labute approximate surface area is 91.6 Å². The molecule has 0 spiro atoms. The molecular formula is C11H22N2O2. The number of carboxylic acids is 1. The lowest BCUT2D eigenvalue weighted by Gasteiger charge is -2.13. The van der Waals surface area contributed by atoms with E-state index in [1.807, 2.05) is 0 Å². The monoisotopic (exact) mass is 214 g/mol. The van der Waals surface area contributed by atoms with Crippen molar-refractivity contribution in [3.05, 3.63) is 0 Å². The SMILES string of the molecule is O=C(O)CCNCCCCN1CCCC1. The van der Waals surface area contributed by atoms with Crippen molar-refractivity contribution in [1.82, 2.24) is 10.2 Å². The highest BCUT2D eigenvalue weighted by Crippen LogP contribution is 2.07. The Bertz CT molecular complexity index is 179. The quantitative estimate of drug-likeness (QED) is 0.590. The standard InChI is InChI=1S/C11H22N2O2/c14-11(15)5-7-12-6-1-2-8-13-9-3-4-10-13/h12H,1-10H2,(H,14,15). The Balaban J connectivity index is 1.78. The highest BCUT2D eigenvalue weighted by molar-refractivity contribution is 5.66. The zero-order valence-corrected chi connectivity index (χ0v) is 9.37. The number of likely N-dealkylation sites (tertiary alicyclic amines) is 1. The Morgan fingerprint density at radius 1 is 1.20 bits per heavy atom. The zero-order chi connectivity index (χ0) is 10.9. The van der Waals surface area contributed by atoms with E-state index in [1.54, 1.807) is 0 Å². The van der Waals surface area contributed by atoms with Crippen molar-refractivity contribution < 1.29 is 9.90 Å². The van der Waals surface area contributed by atoms with Gasteiger partial charge in [-0.25, -0.2) is 0 Å². The molecule has 0 atom stereocenters. The molecular weight excluding hydrogens is 192 g/mol. The third-order valence-electron chi connectivity index (χ3n) is 2.79. The zero-order valence-electron chi connectivity index (χ0n) is 9.37. The van der Waals surface area contributed by atoms with Gasteiger partial charge in [-0.05, 0) is 51.9 Å². The predicted molar refractivity (Wildman–Crippen MR) is 60.0 cm³/mol. The van der Waals surface area contributed by atoms with Crippen LogP contribution in [0.15, 0.2) is 0 Å². The third kappa shape index (κ3) is 6.47. The molecule has 0 unspecified atom stereocenters. The Morgan fingerprint density at radius 3 is 2.60 bits per heavy atom. The first kappa shape index (κ1) is 12.5. The first-order chi connectivity index (χ1) is 7.29. The van der Waals surface area contributed by atoms with Gasteiger partial charge in [0.05, 0.1) is 6.42 Å². The van der Waals surface area contributed by atoms with Crippen molar-refractivity contribution >= 4 is 5.97 Å². The molecule has 0 aromatic rings. The van der Waals surface area contributed by atoms with Gasteiger partial charge in [0.1, 0.15) is 0 Å². The van der Waals surface area contributed by atoms with Crippen molar-refractivity contribution in [2.75, 3.05) is 32.7 Å². The van der Waals surface area contributed by atoms with E-state index in [9.17, 15) is 4.79 Å². The fourth-order valence-electron chi connectivity index (χ4n) is 1.91. The molecule has 2 N–H and O–H groups in total.